The van der Waals surface area contributed by atoms with Crippen LogP contribution < -0.4 is 5.73 Å². The van der Waals surface area contributed by atoms with E-state index in [4.69, 9.17) is 5.73 Å². The predicted molar refractivity (Wildman–Crippen MR) is 65.0 cm³/mol. The molecule has 0 spiro atoms. The Kier molecular flexibility index (Phi) is 3.02. The summed E-state index contributed by atoms with van der Waals surface area (Å²) in [6.07, 6.45) is 2.49. The largest absolute Gasteiger partial charge is 0.328 e. The molecule has 0 aromatic heterocycles. The van der Waals surface area contributed by atoms with E-state index in [-0.39, 0.29) is 29.6 Å². The van der Waals surface area contributed by atoms with E-state index < -0.39 is 5.54 Å². The third-order valence-electron chi connectivity index (χ3n) is 4.74. The quantitative estimate of drug-likeness (QED) is 0.750. The lowest BCUT2D eigenvalue weighted by atomic mass is 9.82. The minimum atomic E-state index is -0.532. The maximum Gasteiger partial charge on any atom is 0.232 e. The Morgan fingerprint density at radius 1 is 1.29 bits per heavy atom. The summed E-state index contributed by atoms with van der Waals surface area (Å²) in [6.45, 7) is 6.30. The number of likely N-dealkylation sites (tertiary alicyclic amines) is 1. The summed E-state index contributed by atoms with van der Waals surface area (Å²) in [6, 6.07) is 0. The molecular weight excluding hydrogens is 216 g/mol. The second kappa shape index (κ2) is 4.09. The molecule has 2 fully saturated rings. The molecule has 2 bridgehead atoms. The molecule has 2 N–H and O–H groups in total. The molecule has 2 amide bonds. The molecule has 0 radical (unpaired) electrons. The van der Waals surface area contributed by atoms with Crippen LogP contribution in [0, 0.1) is 17.8 Å². The standard InChI is InChI=1S/C13H22N2O2/c1-8(2)13(3,7-14)15-11(16)9-4-5-10(6-9)12(15)17/h8-10H,4-7,14H2,1-3H3. The molecule has 2 aliphatic rings. The van der Waals surface area contributed by atoms with Crippen molar-refractivity contribution < 1.29 is 9.59 Å². The molecule has 3 unspecified atom stereocenters. The number of carbonyl (C=O) groups is 2. The van der Waals surface area contributed by atoms with E-state index in [1.807, 2.05) is 20.8 Å². The van der Waals surface area contributed by atoms with E-state index >= 15 is 0 Å². The van der Waals surface area contributed by atoms with Gasteiger partial charge in [-0.05, 0) is 32.1 Å². The molecule has 4 nitrogen and oxygen atoms in total. The number of nitrogens with zero attached hydrogens (tertiary/aromatic N) is 1. The number of amides is 2. The van der Waals surface area contributed by atoms with Crippen molar-refractivity contribution in [2.75, 3.05) is 6.54 Å². The Bertz CT molecular complexity index is 331. The monoisotopic (exact) mass is 238 g/mol. The van der Waals surface area contributed by atoms with Crippen molar-refractivity contribution in [3.8, 4) is 0 Å². The van der Waals surface area contributed by atoms with Crippen LogP contribution in [0.1, 0.15) is 40.0 Å². The molecule has 0 aromatic carbocycles. The van der Waals surface area contributed by atoms with Gasteiger partial charge in [0.2, 0.25) is 11.8 Å². The highest BCUT2D eigenvalue weighted by Crippen LogP contribution is 2.41. The second-order valence-electron chi connectivity index (χ2n) is 5.93. The van der Waals surface area contributed by atoms with Gasteiger partial charge >= 0.3 is 0 Å². The molecule has 0 aromatic rings. The number of hydrogen-bond donors (Lipinski definition) is 1. The maximum absolute atomic E-state index is 12.4. The van der Waals surface area contributed by atoms with Gasteiger partial charge in [-0.25, -0.2) is 0 Å². The van der Waals surface area contributed by atoms with Gasteiger partial charge in [-0.1, -0.05) is 13.8 Å². The van der Waals surface area contributed by atoms with Crippen molar-refractivity contribution in [1.29, 1.82) is 0 Å². The molecule has 4 heteroatoms. The summed E-state index contributed by atoms with van der Waals surface area (Å²) in [7, 11) is 0. The van der Waals surface area contributed by atoms with Crippen molar-refractivity contribution >= 4 is 11.8 Å². The van der Waals surface area contributed by atoms with Crippen LogP contribution in [0.25, 0.3) is 0 Å². The molecule has 1 aliphatic carbocycles. The average Bonchev–Trinajstić information content (AvgIpc) is 2.73. The maximum atomic E-state index is 12.4. The lowest BCUT2D eigenvalue weighted by Gasteiger charge is -2.45. The van der Waals surface area contributed by atoms with Gasteiger partial charge in [-0.3, -0.25) is 14.5 Å². The van der Waals surface area contributed by atoms with Crippen LogP contribution >= 0.6 is 0 Å². The summed E-state index contributed by atoms with van der Waals surface area (Å²) in [4.78, 5) is 26.2. The van der Waals surface area contributed by atoms with Gasteiger partial charge in [0.05, 0.1) is 5.54 Å². The lowest BCUT2D eigenvalue weighted by Crippen LogP contribution is -2.63. The predicted octanol–water partition coefficient (Wildman–Crippen LogP) is 1.14. The molecule has 1 saturated carbocycles. The van der Waals surface area contributed by atoms with Crippen LogP contribution in [0.5, 0.6) is 0 Å². The topological polar surface area (TPSA) is 63.4 Å². The van der Waals surface area contributed by atoms with Crippen molar-refractivity contribution in [3.05, 3.63) is 0 Å². The summed E-state index contributed by atoms with van der Waals surface area (Å²) in [5, 5.41) is 0. The Morgan fingerprint density at radius 3 is 2.12 bits per heavy atom. The molecule has 2 rings (SSSR count). The zero-order valence-corrected chi connectivity index (χ0v) is 10.9. The van der Waals surface area contributed by atoms with Crippen molar-refractivity contribution in [1.82, 2.24) is 4.90 Å². The van der Waals surface area contributed by atoms with Crippen molar-refractivity contribution in [2.24, 2.45) is 23.5 Å². The van der Waals surface area contributed by atoms with Gasteiger partial charge in [0.25, 0.3) is 0 Å². The number of piperidine rings is 1. The number of fused-ring (bicyclic) bond motifs is 2. The Morgan fingerprint density at radius 2 is 1.76 bits per heavy atom. The van der Waals surface area contributed by atoms with Crippen LogP contribution in [0.4, 0.5) is 0 Å². The summed E-state index contributed by atoms with van der Waals surface area (Å²) in [5.41, 5.74) is 5.30. The Balaban J connectivity index is 2.36. The van der Waals surface area contributed by atoms with Crippen molar-refractivity contribution in [2.45, 2.75) is 45.6 Å². The minimum Gasteiger partial charge on any atom is -0.328 e. The third kappa shape index (κ3) is 1.69. The van der Waals surface area contributed by atoms with Gasteiger partial charge in [0.1, 0.15) is 0 Å². The lowest BCUT2D eigenvalue weighted by molar-refractivity contribution is -0.161. The first-order valence-electron chi connectivity index (χ1n) is 6.49. The fourth-order valence-electron chi connectivity index (χ4n) is 2.99. The van der Waals surface area contributed by atoms with E-state index in [2.05, 4.69) is 0 Å². The van der Waals surface area contributed by atoms with Crippen LogP contribution in [0.3, 0.4) is 0 Å². The van der Waals surface area contributed by atoms with E-state index in [1.54, 1.807) is 0 Å². The summed E-state index contributed by atoms with van der Waals surface area (Å²) >= 11 is 0. The van der Waals surface area contributed by atoms with Crippen LogP contribution in [-0.2, 0) is 9.59 Å². The molecule has 1 saturated heterocycles. The molecule has 96 valence electrons. The highest BCUT2D eigenvalue weighted by atomic mass is 16.2. The molecular formula is C13H22N2O2. The van der Waals surface area contributed by atoms with Crippen molar-refractivity contribution in [3.63, 3.8) is 0 Å². The number of hydrogen-bond acceptors (Lipinski definition) is 3. The first kappa shape index (κ1) is 12.6. The first-order chi connectivity index (χ1) is 7.91. The Hall–Kier alpha value is -0.900. The molecule has 3 atom stereocenters. The van der Waals surface area contributed by atoms with E-state index in [0.29, 0.717) is 6.54 Å². The third-order valence-corrected chi connectivity index (χ3v) is 4.74. The number of carbonyl (C=O) groups excluding carboxylic acids is 2. The minimum absolute atomic E-state index is 0.00500. The number of nitrogens with two attached hydrogens (primary N) is 1. The van der Waals surface area contributed by atoms with Gasteiger partial charge in [0.15, 0.2) is 0 Å². The molecule has 1 aliphatic heterocycles. The number of rotatable bonds is 3. The molecule has 1 heterocycles. The van der Waals surface area contributed by atoms with Gasteiger partial charge in [-0.15, -0.1) is 0 Å². The fourth-order valence-corrected chi connectivity index (χ4v) is 2.99. The highest BCUT2D eigenvalue weighted by Gasteiger charge is 2.51. The van der Waals surface area contributed by atoms with E-state index in [0.717, 1.165) is 19.3 Å². The van der Waals surface area contributed by atoms with Gasteiger partial charge < -0.3 is 5.73 Å². The summed E-state index contributed by atoms with van der Waals surface area (Å²) in [5.74, 6) is 0.304. The van der Waals surface area contributed by atoms with Crippen LogP contribution in [0.15, 0.2) is 0 Å². The zero-order chi connectivity index (χ0) is 12.8. The van der Waals surface area contributed by atoms with Gasteiger partial charge in [-0.2, -0.15) is 0 Å². The normalized spacial score (nSPS) is 32.2. The smallest absolute Gasteiger partial charge is 0.232 e. The Labute approximate surface area is 103 Å². The average molecular weight is 238 g/mol. The second-order valence-corrected chi connectivity index (χ2v) is 5.93. The summed E-state index contributed by atoms with van der Waals surface area (Å²) < 4.78 is 0. The zero-order valence-electron chi connectivity index (χ0n) is 10.9. The van der Waals surface area contributed by atoms with Crippen LogP contribution in [0.2, 0.25) is 0 Å². The molecule has 17 heavy (non-hydrogen) atoms. The first-order valence-corrected chi connectivity index (χ1v) is 6.49. The number of imide groups is 1. The highest BCUT2D eigenvalue weighted by molar-refractivity contribution is 6.01. The SMILES string of the molecule is CC(C)C(C)(CN)N1C(=O)C2CCC(C2)C1=O. The van der Waals surface area contributed by atoms with E-state index in [9.17, 15) is 9.59 Å². The van der Waals surface area contributed by atoms with E-state index in [1.165, 1.54) is 4.90 Å². The van der Waals surface area contributed by atoms with Crippen LogP contribution in [-0.4, -0.2) is 28.8 Å². The van der Waals surface area contributed by atoms with Gasteiger partial charge in [0, 0.05) is 18.4 Å². The fraction of sp³-hybridized carbons (Fsp3) is 0.846.